The van der Waals surface area contributed by atoms with E-state index in [9.17, 15) is 0 Å². The Morgan fingerprint density at radius 3 is 1.60 bits per heavy atom. The van der Waals surface area contributed by atoms with E-state index in [-0.39, 0.29) is 0 Å². The summed E-state index contributed by atoms with van der Waals surface area (Å²) >= 11 is 0. The van der Waals surface area contributed by atoms with E-state index in [1.54, 1.807) is 26.4 Å². The van der Waals surface area contributed by atoms with Gasteiger partial charge in [0.1, 0.15) is 24.7 Å². The Balaban J connectivity index is 2.14. The van der Waals surface area contributed by atoms with E-state index in [4.69, 9.17) is 44.3 Å². The van der Waals surface area contributed by atoms with Crippen LogP contribution in [-0.2, 0) is 28.4 Å². The summed E-state index contributed by atoms with van der Waals surface area (Å²) in [5.41, 5.74) is 0.628. The van der Waals surface area contributed by atoms with Crippen LogP contribution in [0, 0.1) is 12.3 Å². The van der Waals surface area contributed by atoms with E-state index in [0.29, 0.717) is 96.3 Å². The quantitative estimate of drug-likeness (QED) is 0.231. The van der Waals surface area contributed by atoms with E-state index in [1.165, 1.54) is 0 Å². The van der Waals surface area contributed by atoms with Gasteiger partial charge in [0.05, 0.1) is 71.6 Å². The molecule has 0 saturated carbocycles. The first-order valence-electron chi connectivity index (χ1n) is 9.97. The molecule has 0 amide bonds. The van der Waals surface area contributed by atoms with Crippen LogP contribution < -0.4 is 9.47 Å². The smallest absolute Gasteiger partial charge is 0.135 e. The van der Waals surface area contributed by atoms with Crippen LogP contribution in [0.3, 0.4) is 0 Å². The molecule has 1 aromatic carbocycles. The van der Waals surface area contributed by atoms with Gasteiger partial charge in [-0.25, -0.2) is 0 Å². The van der Waals surface area contributed by atoms with Crippen molar-refractivity contribution in [1.82, 2.24) is 0 Å². The van der Waals surface area contributed by atoms with Gasteiger partial charge in [0.2, 0.25) is 0 Å². The highest BCUT2D eigenvalue weighted by Crippen LogP contribution is 2.23. The normalized spacial score (nSPS) is 10.7. The Morgan fingerprint density at radius 2 is 1.10 bits per heavy atom. The average Bonchev–Trinajstić information content (AvgIpc) is 2.77. The molecule has 0 saturated heterocycles. The van der Waals surface area contributed by atoms with Gasteiger partial charge in [-0.3, -0.25) is 0 Å². The molecule has 170 valence electrons. The minimum absolute atomic E-state index is 0.396. The molecule has 8 nitrogen and oxygen atoms in total. The van der Waals surface area contributed by atoms with E-state index in [1.807, 2.05) is 6.07 Å². The van der Waals surface area contributed by atoms with Gasteiger partial charge in [0, 0.05) is 14.2 Å². The molecule has 8 heteroatoms. The highest BCUT2D eigenvalue weighted by molar-refractivity contribution is 5.49. The van der Waals surface area contributed by atoms with Crippen LogP contribution in [0.2, 0.25) is 0 Å². The maximum atomic E-state index is 5.69. The van der Waals surface area contributed by atoms with Crippen molar-refractivity contribution in [1.29, 1.82) is 0 Å². The summed E-state index contributed by atoms with van der Waals surface area (Å²) in [7, 11) is 3.28. The summed E-state index contributed by atoms with van der Waals surface area (Å²) in [6.45, 7) is 6.08. The van der Waals surface area contributed by atoms with Gasteiger partial charge in [0.15, 0.2) is 0 Å². The van der Waals surface area contributed by atoms with Crippen molar-refractivity contribution < 1.29 is 37.9 Å². The summed E-state index contributed by atoms with van der Waals surface area (Å²) in [6, 6.07) is 5.38. The lowest BCUT2D eigenvalue weighted by Crippen LogP contribution is -2.13. The van der Waals surface area contributed by atoms with E-state index < -0.39 is 0 Å². The number of methoxy groups -OCH3 is 2. The van der Waals surface area contributed by atoms with Crippen molar-refractivity contribution in [3.05, 3.63) is 23.8 Å². The molecule has 0 fully saturated rings. The summed E-state index contributed by atoms with van der Waals surface area (Å²) in [4.78, 5) is 0. The Bertz CT molecular complexity index is 573. The zero-order valence-corrected chi connectivity index (χ0v) is 18.1. The number of hydrogen-bond donors (Lipinski definition) is 0. The monoisotopic (exact) mass is 426 g/mol. The van der Waals surface area contributed by atoms with Crippen molar-refractivity contribution >= 4 is 0 Å². The fourth-order valence-corrected chi connectivity index (χ4v) is 2.20. The predicted octanol–water partition coefficient (Wildman–Crippen LogP) is 1.78. The second-order valence-electron chi connectivity index (χ2n) is 5.93. The van der Waals surface area contributed by atoms with Crippen LogP contribution in [0.5, 0.6) is 11.5 Å². The molecule has 0 heterocycles. The third-order valence-electron chi connectivity index (χ3n) is 3.70. The molecule has 0 aromatic heterocycles. The third-order valence-corrected chi connectivity index (χ3v) is 3.70. The van der Waals surface area contributed by atoms with Gasteiger partial charge < -0.3 is 37.9 Å². The van der Waals surface area contributed by atoms with Crippen molar-refractivity contribution in [2.45, 2.75) is 0 Å². The van der Waals surface area contributed by atoms with Crippen LogP contribution in [0.4, 0.5) is 0 Å². The highest BCUT2D eigenvalue weighted by Gasteiger charge is 2.05. The van der Waals surface area contributed by atoms with Gasteiger partial charge in [0.25, 0.3) is 0 Å². The topological polar surface area (TPSA) is 73.8 Å². The minimum atomic E-state index is 0.396. The Hall–Kier alpha value is -1.86. The zero-order valence-electron chi connectivity index (χ0n) is 18.1. The molecular formula is C22H34O8. The molecular weight excluding hydrogens is 392 g/mol. The van der Waals surface area contributed by atoms with E-state index in [2.05, 4.69) is 5.92 Å². The number of rotatable bonds is 20. The van der Waals surface area contributed by atoms with Crippen LogP contribution in [0.15, 0.2) is 18.2 Å². The zero-order chi connectivity index (χ0) is 21.7. The molecule has 0 N–H and O–H groups in total. The summed E-state index contributed by atoms with van der Waals surface area (Å²) in [5, 5.41) is 0. The fraction of sp³-hybridized carbons (Fsp3) is 0.636. The maximum Gasteiger partial charge on any atom is 0.135 e. The molecule has 0 atom stereocenters. The lowest BCUT2D eigenvalue weighted by atomic mass is 10.2. The van der Waals surface area contributed by atoms with Gasteiger partial charge in [-0.05, 0) is 18.2 Å². The number of hydrogen-bond acceptors (Lipinski definition) is 8. The van der Waals surface area contributed by atoms with Crippen molar-refractivity contribution in [3.63, 3.8) is 0 Å². The largest absolute Gasteiger partial charge is 0.491 e. The van der Waals surface area contributed by atoms with Gasteiger partial charge in [-0.2, -0.15) is 0 Å². The molecule has 0 aliphatic carbocycles. The van der Waals surface area contributed by atoms with Crippen LogP contribution in [0.1, 0.15) is 5.56 Å². The van der Waals surface area contributed by atoms with Crippen molar-refractivity contribution in [2.75, 3.05) is 93.5 Å². The Kier molecular flexibility index (Phi) is 16.7. The van der Waals surface area contributed by atoms with Crippen molar-refractivity contribution in [3.8, 4) is 23.8 Å². The van der Waals surface area contributed by atoms with Gasteiger partial charge >= 0.3 is 0 Å². The summed E-state index contributed by atoms with van der Waals surface area (Å²) < 4.78 is 42.7. The van der Waals surface area contributed by atoms with Crippen molar-refractivity contribution in [2.24, 2.45) is 0 Å². The lowest BCUT2D eigenvalue weighted by Gasteiger charge is -2.12. The summed E-state index contributed by atoms with van der Waals surface area (Å²) in [5.74, 6) is 3.90. The fourth-order valence-electron chi connectivity index (χ4n) is 2.20. The standard InChI is InChI=1S/C22H34O8/c1-4-20-19-21(29-17-15-27-13-11-25-9-7-23-2)5-6-22(20)30-18-16-28-14-12-26-10-8-24-3/h1,5-6,19H,7-18H2,2-3H3. The molecule has 0 aliphatic rings. The van der Waals surface area contributed by atoms with Crippen LogP contribution >= 0.6 is 0 Å². The van der Waals surface area contributed by atoms with E-state index >= 15 is 0 Å². The minimum Gasteiger partial charge on any atom is -0.491 e. The first-order chi connectivity index (χ1) is 14.8. The Morgan fingerprint density at radius 1 is 0.633 bits per heavy atom. The van der Waals surface area contributed by atoms with Crippen LogP contribution in [0.25, 0.3) is 0 Å². The van der Waals surface area contributed by atoms with Gasteiger partial charge in [-0.15, -0.1) is 6.42 Å². The number of ether oxygens (including phenoxy) is 8. The molecule has 0 aliphatic heterocycles. The Labute approximate surface area is 179 Å². The number of terminal acetylenes is 1. The molecule has 0 bridgehead atoms. The summed E-state index contributed by atoms with van der Waals surface area (Å²) in [6.07, 6.45) is 5.58. The third kappa shape index (κ3) is 13.4. The lowest BCUT2D eigenvalue weighted by molar-refractivity contribution is 0.0177. The first-order valence-corrected chi connectivity index (χ1v) is 9.97. The molecule has 0 unspecified atom stereocenters. The molecule has 1 rings (SSSR count). The van der Waals surface area contributed by atoms with E-state index in [0.717, 1.165) is 0 Å². The molecule has 0 spiro atoms. The SMILES string of the molecule is C#Cc1cc(OCCOCCOCCOC)ccc1OCCOCCOCCOC. The molecule has 30 heavy (non-hydrogen) atoms. The number of benzene rings is 1. The first kappa shape index (κ1) is 26.2. The van der Waals surface area contributed by atoms with Crippen LogP contribution in [-0.4, -0.2) is 93.5 Å². The predicted molar refractivity (Wildman–Crippen MR) is 112 cm³/mol. The second kappa shape index (κ2) is 19.1. The van der Waals surface area contributed by atoms with Gasteiger partial charge in [-0.1, -0.05) is 5.92 Å². The maximum absolute atomic E-state index is 5.69. The highest BCUT2D eigenvalue weighted by atomic mass is 16.6. The molecule has 1 aromatic rings. The molecule has 0 radical (unpaired) electrons. The average molecular weight is 427 g/mol. The second-order valence-corrected chi connectivity index (χ2v) is 5.93.